The second-order valence-corrected chi connectivity index (χ2v) is 7.50. The van der Waals surface area contributed by atoms with Crippen molar-refractivity contribution in [1.82, 2.24) is 25.0 Å². The molecule has 2 aromatic carbocycles. The number of aromatic nitrogens is 5. The van der Waals surface area contributed by atoms with E-state index in [-0.39, 0.29) is 36.0 Å². The van der Waals surface area contributed by atoms with E-state index in [1.807, 2.05) is 36.4 Å². The summed E-state index contributed by atoms with van der Waals surface area (Å²) in [5, 5.41) is 24.2. The molecule has 0 aliphatic rings. The zero-order valence-corrected chi connectivity index (χ0v) is 22.6. The number of nitrogens with zero attached hydrogens (tertiary/aromatic N) is 5. The third-order valence-corrected chi connectivity index (χ3v) is 4.99. The van der Waals surface area contributed by atoms with Gasteiger partial charge in [-0.1, -0.05) is 48.0 Å². The van der Waals surface area contributed by atoms with Gasteiger partial charge in [-0.05, 0) is 17.7 Å². The molecule has 0 atom stereocenters. The number of nitrogens with one attached hydrogen (secondary N) is 1. The van der Waals surface area contributed by atoms with Crippen LogP contribution in [0.3, 0.4) is 0 Å². The van der Waals surface area contributed by atoms with Crippen LogP contribution in [0.1, 0.15) is 16.1 Å². The van der Waals surface area contributed by atoms with Crippen molar-refractivity contribution < 1.29 is 38.9 Å². The Balaban J connectivity index is 0.00000342. The van der Waals surface area contributed by atoms with Crippen molar-refractivity contribution in [1.29, 1.82) is 0 Å². The van der Waals surface area contributed by atoms with Gasteiger partial charge in [0.25, 0.3) is 0 Å². The van der Waals surface area contributed by atoms with Gasteiger partial charge < -0.3 is 19.9 Å². The number of hydrogen-bond donors (Lipinski definition) is 2. The van der Waals surface area contributed by atoms with Crippen molar-refractivity contribution in [3.05, 3.63) is 77.3 Å². The van der Waals surface area contributed by atoms with Crippen molar-refractivity contribution in [2.24, 2.45) is 0 Å². The molecule has 2 aromatic heterocycles. The Labute approximate surface area is 219 Å². The quantitative estimate of drug-likeness (QED) is 0.224. The topological polar surface area (TPSA) is 124 Å². The first-order chi connectivity index (χ1) is 16.5. The van der Waals surface area contributed by atoms with Crippen LogP contribution in [-0.4, -0.2) is 49.8 Å². The first-order valence-corrected chi connectivity index (χ1v) is 10.6. The number of benzene rings is 2. The minimum absolute atomic E-state index is 0. The summed E-state index contributed by atoms with van der Waals surface area (Å²) >= 11 is 5.91. The van der Waals surface area contributed by atoms with Crippen molar-refractivity contribution in [3.8, 4) is 17.1 Å². The molecule has 10 nitrogen and oxygen atoms in total. The number of rotatable bonds is 10. The van der Waals surface area contributed by atoms with Gasteiger partial charge in [-0.3, -0.25) is 4.68 Å². The van der Waals surface area contributed by atoms with E-state index in [1.54, 1.807) is 23.1 Å². The average molecular weight is 546 g/mol. The summed E-state index contributed by atoms with van der Waals surface area (Å²) in [5.41, 5.74) is 2.13. The third-order valence-electron chi connectivity index (χ3n) is 4.81. The van der Waals surface area contributed by atoms with Gasteiger partial charge >= 0.3 is 5.97 Å². The molecular weight excluding hydrogens is 525 g/mol. The van der Waals surface area contributed by atoms with Gasteiger partial charge in [0, 0.05) is 25.5 Å². The molecule has 0 radical (unpaired) electrons. The maximum atomic E-state index is 11.5. The Morgan fingerprint density at radius 3 is 2.66 bits per heavy atom. The predicted octanol–water partition coefficient (Wildman–Crippen LogP) is 4.05. The molecule has 0 saturated carbocycles. The molecule has 12 heteroatoms. The molecule has 2 N–H and O–H groups in total. The molecule has 4 aromatic rings. The molecule has 35 heavy (non-hydrogen) atoms. The third kappa shape index (κ3) is 6.60. The maximum absolute atomic E-state index is 11.5. The number of para-hydroxylation sites is 1. The number of methoxy groups -OCH3 is 1. The fraction of sp³-hybridized carbons (Fsp3) is 0.174. The zero-order chi connectivity index (χ0) is 23.9. The molecule has 176 valence electrons. The molecule has 2 heterocycles. The summed E-state index contributed by atoms with van der Waals surface area (Å²) < 4.78 is 13.0. The van der Waals surface area contributed by atoms with E-state index in [9.17, 15) is 9.90 Å². The van der Waals surface area contributed by atoms with Gasteiger partial charge in [0.2, 0.25) is 0 Å². The molecule has 0 spiro atoms. The van der Waals surface area contributed by atoms with Gasteiger partial charge in [-0.2, -0.15) is 5.10 Å². The number of ether oxygens (including phenoxy) is 2. The summed E-state index contributed by atoms with van der Waals surface area (Å²) in [4.78, 5) is 15.9. The summed E-state index contributed by atoms with van der Waals surface area (Å²) in [5.74, 6) is -0.352. The molecule has 4 rings (SSSR count). The minimum atomic E-state index is -1.24. The van der Waals surface area contributed by atoms with Crippen LogP contribution < -0.4 is 10.1 Å². The van der Waals surface area contributed by atoms with Crippen molar-refractivity contribution >= 4 is 28.9 Å². The fourth-order valence-corrected chi connectivity index (χ4v) is 3.39. The van der Waals surface area contributed by atoms with Crippen LogP contribution >= 0.6 is 11.6 Å². The summed E-state index contributed by atoms with van der Waals surface area (Å²) in [6.45, 7) is 1.53. The van der Waals surface area contributed by atoms with Crippen molar-refractivity contribution in [2.45, 2.75) is 13.2 Å². The first-order valence-electron chi connectivity index (χ1n) is 10.3. The fourth-order valence-electron chi connectivity index (χ4n) is 3.25. The molecular formula is C23H21ClN6O4Zn. The number of halogens is 1. The Hall–Kier alpha value is -3.40. The summed E-state index contributed by atoms with van der Waals surface area (Å²) in [6.07, 6.45) is 1.62. The summed E-state index contributed by atoms with van der Waals surface area (Å²) in [7, 11) is 1.51. The Bertz CT molecular complexity index is 1290. The van der Waals surface area contributed by atoms with E-state index >= 15 is 0 Å². The van der Waals surface area contributed by atoms with Crippen molar-refractivity contribution in [3.63, 3.8) is 0 Å². The van der Waals surface area contributed by atoms with E-state index in [0.29, 0.717) is 42.6 Å². The van der Waals surface area contributed by atoms with Gasteiger partial charge in [-0.25, -0.2) is 9.78 Å². The number of carboxylic acid groups (broad SMARTS) is 1. The van der Waals surface area contributed by atoms with Crippen LogP contribution in [0.2, 0.25) is 5.15 Å². The predicted molar refractivity (Wildman–Crippen MR) is 125 cm³/mol. The number of aromatic carboxylic acids is 1. The van der Waals surface area contributed by atoms with Crippen LogP contribution in [0, 0.1) is 0 Å². The van der Waals surface area contributed by atoms with Crippen LogP contribution in [0.15, 0.2) is 60.9 Å². The SMILES string of the molecule is COc1c(Nc2cc(Cl)nnc2C(=O)O)cccc1-c1ncn(CCOCc2ccccc2)n1.[Zn]. The van der Waals surface area contributed by atoms with Crippen LogP contribution in [0.4, 0.5) is 11.4 Å². The van der Waals surface area contributed by atoms with Crippen molar-refractivity contribution in [2.75, 3.05) is 19.0 Å². The van der Waals surface area contributed by atoms with E-state index in [4.69, 9.17) is 21.1 Å². The molecule has 0 fully saturated rings. The van der Waals surface area contributed by atoms with Gasteiger partial charge in [0.1, 0.15) is 6.33 Å². The Morgan fingerprint density at radius 1 is 1.11 bits per heavy atom. The molecule has 0 saturated heterocycles. The largest absolute Gasteiger partial charge is 0.494 e. The molecule has 0 unspecified atom stereocenters. The standard InChI is InChI=1S/C23H21ClN6O4.Zn/c1-33-21-16(8-5-9-17(21)26-18-12-19(24)27-28-20(18)23(31)32)22-25-14-30(29-22)10-11-34-13-15-6-3-2-4-7-15;/h2-9,12,14H,10-11,13H2,1H3,(H,26,27)(H,31,32);. The van der Waals surface area contributed by atoms with E-state index in [2.05, 4.69) is 25.6 Å². The second kappa shape index (κ2) is 12.3. The molecule has 0 bridgehead atoms. The molecule has 0 aliphatic heterocycles. The van der Waals surface area contributed by atoms with E-state index in [0.717, 1.165) is 5.56 Å². The Kier molecular flexibility index (Phi) is 9.25. The zero-order valence-electron chi connectivity index (χ0n) is 18.9. The number of carbonyl (C=O) groups is 1. The first kappa shape index (κ1) is 26.2. The minimum Gasteiger partial charge on any atom is -0.494 e. The normalized spacial score (nSPS) is 10.5. The maximum Gasteiger partial charge on any atom is 0.358 e. The van der Waals surface area contributed by atoms with Gasteiger partial charge in [0.05, 0.1) is 43.8 Å². The second-order valence-electron chi connectivity index (χ2n) is 7.12. The van der Waals surface area contributed by atoms with E-state index < -0.39 is 5.97 Å². The monoisotopic (exact) mass is 544 g/mol. The number of anilines is 2. The number of carboxylic acids is 1. The summed E-state index contributed by atoms with van der Waals surface area (Å²) in [6, 6.07) is 16.6. The molecule has 0 amide bonds. The number of hydrogen-bond acceptors (Lipinski definition) is 8. The van der Waals surface area contributed by atoms with E-state index in [1.165, 1.54) is 13.2 Å². The van der Waals surface area contributed by atoms with Gasteiger partial charge in [-0.15, -0.1) is 10.2 Å². The van der Waals surface area contributed by atoms with Crippen LogP contribution in [-0.2, 0) is 37.4 Å². The molecule has 0 aliphatic carbocycles. The Morgan fingerprint density at radius 2 is 1.91 bits per heavy atom. The smallest absolute Gasteiger partial charge is 0.358 e. The van der Waals surface area contributed by atoms with Gasteiger partial charge in [0.15, 0.2) is 22.4 Å². The van der Waals surface area contributed by atoms with Crippen LogP contribution in [0.25, 0.3) is 11.4 Å². The van der Waals surface area contributed by atoms with Crippen LogP contribution in [0.5, 0.6) is 5.75 Å². The average Bonchev–Trinajstić information content (AvgIpc) is 3.31.